The van der Waals surface area contributed by atoms with Crippen LogP contribution in [0.3, 0.4) is 0 Å². The zero-order valence-corrected chi connectivity index (χ0v) is 25.0. The molecule has 0 radical (unpaired) electrons. The number of nitrogens with zero attached hydrogens (tertiary/aromatic N) is 3. The third kappa shape index (κ3) is 6.64. The van der Waals surface area contributed by atoms with Crippen molar-refractivity contribution in [1.29, 1.82) is 5.26 Å². The van der Waals surface area contributed by atoms with Crippen LogP contribution in [0, 0.1) is 11.3 Å². The Labute approximate surface area is 245 Å². The lowest BCUT2D eigenvalue weighted by atomic mass is 10.1. The fraction of sp³-hybridized carbons (Fsp3) is 0.448. The third-order valence-corrected chi connectivity index (χ3v) is 9.05. The van der Waals surface area contributed by atoms with Crippen LogP contribution in [-0.2, 0) is 27.7 Å². The molecule has 1 unspecified atom stereocenters. The van der Waals surface area contributed by atoms with Crippen LogP contribution in [0.5, 0.6) is 0 Å². The smallest absolute Gasteiger partial charge is 0.419 e. The van der Waals surface area contributed by atoms with Crippen molar-refractivity contribution in [3.8, 4) is 16.5 Å². The number of amides is 2. The van der Waals surface area contributed by atoms with Gasteiger partial charge in [0.15, 0.2) is 11.7 Å². The fourth-order valence-electron chi connectivity index (χ4n) is 4.63. The van der Waals surface area contributed by atoms with Gasteiger partial charge in [0.05, 0.1) is 18.1 Å². The van der Waals surface area contributed by atoms with Crippen LogP contribution >= 0.6 is 22.7 Å². The van der Waals surface area contributed by atoms with E-state index in [9.17, 15) is 19.6 Å². The number of carbonyl (C=O) groups excluding carboxylic acids is 2. The highest BCUT2D eigenvalue weighted by atomic mass is 32.1. The van der Waals surface area contributed by atoms with Crippen molar-refractivity contribution in [2.45, 2.75) is 57.8 Å². The van der Waals surface area contributed by atoms with Gasteiger partial charge in [-0.2, -0.15) is 5.26 Å². The number of carbonyl (C=O) groups is 2. The molecule has 216 valence electrons. The van der Waals surface area contributed by atoms with Gasteiger partial charge in [-0.3, -0.25) is 9.36 Å². The zero-order chi connectivity index (χ0) is 29.3. The van der Waals surface area contributed by atoms with E-state index in [2.05, 4.69) is 17.5 Å². The molecule has 5 rings (SSSR count). The quantitative estimate of drug-likeness (QED) is 0.342. The average molecular weight is 597 g/mol. The van der Waals surface area contributed by atoms with Gasteiger partial charge in [0, 0.05) is 45.8 Å². The lowest BCUT2D eigenvalue weighted by Gasteiger charge is -2.31. The van der Waals surface area contributed by atoms with E-state index in [0.717, 1.165) is 36.7 Å². The minimum atomic E-state index is -0.889. The number of oxazole rings is 1. The number of nitriles is 1. The topological polar surface area (TPSA) is 127 Å². The van der Waals surface area contributed by atoms with Crippen LogP contribution in [0.2, 0.25) is 0 Å². The van der Waals surface area contributed by atoms with Crippen molar-refractivity contribution in [3.05, 3.63) is 45.8 Å². The molecule has 1 fully saturated rings. The number of fused-ring (bicyclic) bond motifs is 2. The predicted octanol–water partition coefficient (Wildman–Crippen LogP) is 5.04. The van der Waals surface area contributed by atoms with Crippen molar-refractivity contribution in [2.24, 2.45) is 7.05 Å². The molecule has 0 bridgehead atoms. The number of benzene rings is 1. The Hall–Kier alpha value is -3.66. The van der Waals surface area contributed by atoms with E-state index in [-0.39, 0.29) is 6.54 Å². The Morgan fingerprint density at radius 1 is 1.20 bits per heavy atom. The second-order valence-corrected chi connectivity index (χ2v) is 13.3. The molecule has 1 saturated heterocycles. The first kappa shape index (κ1) is 28.9. The molecule has 10 nitrogen and oxygen atoms in total. The van der Waals surface area contributed by atoms with Crippen molar-refractivity contribution < 1.29 is 23.5 Å². The maximum Gasteiger partial charge on any atom is 0.419 e. The lowest BCUT2D eigenvalue weighted by Crippen LogP contribution is -2.50. The van der Waals surface area contributed by atoms with Crippen LogP contribution in [0.15, 0.2) is 39.5 Å². The van der Waals surface area contributed by atoms with Gasteiger partial charge in [-0.25, -0.2) is 9.59 Å². The molecular weight excluding hydrogens is 564 g/mol. The van der Waals surface area contributed by atoms with Crippen molar-refractivity contribution in [3.63, 3.8) is 0 Å². The monoisotopic (exact) mass is 596 g/mol. The first-order valence-electron chi connectivity index (χ1n) is 13.4. The third-order valence-electron chi connectivity index (χ3n) is 6.68. The van der Waals surface area contributed by atoms with Gasteiger partial charge < -0.3 is 24.1 Å². The molecule has 12 heteroatoms. The summed E-state index contributed by atoms with van der Waals surface area (Å²) in [6, 6.07) is 11.3. The number of ether oxygens (including phenoxy) is 2. The molecule has 1 aliphatic heterocycles. The first-order valence-corrected chi connectivity index (χ1v) is 15.1. The fourth-order valence-corrected chi connectivity index (χ4v) is 7.09. The molecule has 4 aromatic rings. The molecule has 0 saturated carbocycles. The van der Waals surface area contributed by atoms with Crippen molar-refractivity contribution in [2.75, 3.05) is 19.7 Å². The molecule has 0 spiro atoms. The molecule has 0 aliphatic carbocycles. The van der Waals surface area contributed by atoms with Crippen LogP contribution in [0.1, 0.15) is 38.5 Å². The number of aromatic nitrogens is 1. The summed E-state index contributed by atoms with van der Waals surface area (Å²) >= 11 is 3.21. The Kier molecular flexibility index (Phi) is 8.22. The van der Waals surface area contributed by atoms with Gasteiger partial charge in [-0.1, -0.05) is 0 Å². The number of hydrogen-bond acceptors (Lipinski definition) is 9. The first-order chi connectivity index (χ1) is 19.5. The second kappa shape index (κ2) is 11.7. The summed E-state index contributed by atoms with van der Waals surface area (Å²) in [6.07, 6.45) is 0.454. The van der Waals surface area contributed by atoms with Gasteiger partial charge >= 0.3 is 11.8 Å². The summed E-state index contributed by atoms with van der Waals surface area (Å²) in [5, 5.41) is 12.6. The number of rotatable bonds is 5. The summed E-state index contributed by atoms with van der Waals surface area (Å²) in [6.45, 7) is 6.35. The SMILES string of the molecule is Cn1c(=O)oc2ccc(-c3cc4sc(CC(C#N)NC(=O)[C@@H]5CN(C(=O)OC(C)(C)C)CCCCO5)cc4s3)cc21. The Bertz CT molecular complexity index is 1650. The molecule has 2 amide bonds. The van der Waals surface area contributed by atoms with Crippen LogP contribution < -0.4 is 11.1 Å². The highest BCUT2D eigenvalue weighted by Gasteiger charge is 2.30. The lowest BCUT2D eigenvalue weighted by molar-refractivity contribution is -0.135. The Morgan fingerprint density at radius 2 is 1.98 bits per heavy atom. The van der Waals surface area contributed by atoms with Crippen LogP contribution in [-0.4, -0.2) is 58.9 Å². The van der Waals surface area contributed by atoms with Crippen molar-refractivity contribution >= 4 is 55.2 Å². The van der Waals surface area contributed by atoms with Crippen LogP contribution in [0.25, 0.3) is 30.9 Å². The van der Waals surface area contributed by atoms with E-state index < -0.39 is 35.5 Å². The normalized spacial score (nSPS) is 17.1. The minimum Gasteiger partial charge on any atom is -0.444 e. The van der Waals surface area contributed by atoms with Gasteiger partial charge in [0.1, 0.15) is 11.6 Å². The highest BCUT2D eigenvalue weighted by Crippen LogP contribution is 2.39. The largest absolute Gasteiger partial charge is 0.444 e. The van der Waals surface area contributed by atoms with E-state index in [4.69, 9.17) is 13.9 Å². The minimum absolute atomic E-state index is 0.0647. The van der Waals surface area contributed by atoms with E-state index in [1.807, 2.05) is 18.2 Å². The van der Waals surface area contributed by atoms with Crippen molar-refractivity contribution in [1.82, 2.24) is 14.8 Å². The summed E-state index contributed by atoms with van der Waals surface area (Å²) in [5.41, 5.74) is 1.63. The summed E-state index contributed by atoms with van der Waals surface area (Å²) in [7, 11) is 1.68. The van der Waals surface area contributed by atoms with E-state index >= 15 is 0 Å². The number of thiophene rings is 2. The standard InChI is InChI=1S/C29H32N4O6S2/c1-29(2,3)39-28(36)33-9-5-6-10-37-22(16-33)26(34)31-18(15-30)12-19-13-24-25(40-19)14-23(41-24)17-7-8-21-20(11-17)32(4)27(35)38-21/h7-8,11,13-14,18,22H,5-6,9-10,12,16H2,1-4H3,(H,31,34)/t18?,22-/m0/s1. The molecular formula is C29H32N4O6S2. The van der Waals surface area contributed by atoms with E-state index in [1.165, 1.54) is 9.47 Å². The molecule has 1 N–H and O–H groups in total. The molecule has 2 atom stereocenters. The summed E-state index contributed by atoms with van der Waals surface area (Å²) < 4.78 is 20.2. The number of aryl methyl sites for hydroxylation is 1. The molecule has 1 aliphatic rings. The number of hydrogen-bond donors (Lipinski definition) is 1. The van der Waals surface area contributed by atoms with Gasteiger partial charge in [-0.05, 0) is 69.5 Å². The Balaban J connectivity index is 1.25. The second-order valence-electron chi connectivity index (χ2n) is 11.0. The molecule has 1 aromatic carbocycles. The van der Waals surface area contributed by atoms with Gasteiger partial charge in [0.25, 0.3) is 5.91 Å². The maximum atomic E-state index is 13.1. The summed E-state index contributed by atoms with van der Waals surface area (Å²) in [5.74, 6) is -0.814. The van der Waals surface area contributed by atoms with Crippen LogP contribution in [0.4, 0.5) is 4.79 Å². The van der Waals surface area contributed by atoms with Gasteiger partial charge in [-0.15, -0.1) is 22.7 Å². The molecule has 3 aromatic heterocycles. The average Bonchev–Trinajstić information content (AvgIpc) is 3.53. The zero-order valence-electron chi connectivity index (χ0n) is 23.4. The predicted molar refractivity (Wildman–Crippen MR) is 158 cm³/mol. The molecule has 41 heavy (non-hydrogen) atoms. The van der Waals surface area contributed by atoms with E-state index in [0.29, 0.717) is 31.6 Å². The highest BCUT2D eigenvalue weighted by molar-refractivity contribution is 7.29. The van der Waals surface area contributed by atoms with E-state index in [1.54, 1.807) is 56.6 Å². The number of nitrogens with one attached hydrogen (secondary N) is 1. The Morgan fingerprint density at radius 3 is 2.71 bits per heavy atom. The summed E-state index contributed by atoms with van der Waals surface area (Å²) in [4.78, 5) is 41.2. The molecule has 4 heterocycles. The van der Waals surface area contributed by atoms with Gasteiger partial charge in [0.2, 0.25) is 0 Å². The maximum absolute atomic E-state index is 13.1.